The Bertz CT molecular complexity index is 983. The lowest BCUT2D eigenvalue weighted by Gasteiger charge is -2.26. The molecule has 1 atom stereocenters. The highest BCUT2D eigenvalue weighted by Crippen LogP contribution is 2.42. The lowest BCUT2D eigenvalue weighted by molar-refractivity contribution is -0.0434. The van der Waals surface area contributed by atoms with E-state index in [0.717, 1.165) is 18.0 Å². The van der Waals surface area contributed by atoms with Crippen molar-refractivity contribution in [1.82, 2.24) is 9.97 Å². The van der Waals surface area contributed by atoms with Gasteiger partial charge in [0.15, 0.2) is 23.0 Å². The largest absolute Gasteiger partial charge is 0.494 e. The average molecular weight is 429 g/mol. The van der Waals surface area contributed by atoms with Crippen LogP contribution < -0.4 is 9.88 Å². The maximum absolute atomic E-state index is 13.4. The monoisotopic (exact) mass is 429 g/mol. The fourth-order valence-electron chi connectivity index (χ4n) is 3.09. The molecule has 2 aromatic heterocycles. The van der Waals surface area contributed by atoms with Gasteiger partial charge in [0, 0.05) is 24.8 Å². The third-order valence-corrected chi connectivity index (χ3v) is 4.98. The van der Waals surface area contributed by atoms with E-state index in [9.17, 15) is 17.6 Å². The maximum Gasteiger partial charge on any atom is 0.248 e. The highest BCUT2D eigenvalue weighted by atomic mass is 32.2. The zero-order valence-electron chi connectivity index (χ0n) is 15.5. The molecule has 0 bridgehead atoms. The highest BCUT2D eigenvalue weighted by Gasteiger charge is 2.38. The van der Waals surface area contributed by atoms with Crippen LogP contribution in [0.2, 0.25) is 0 Å². The van der Waals surface area contributed by atoms with Gasteiger partial charge in [-0.05, 0) is 36.9 Å². The highest BCUT2D eigenvalue weighted by molar-refractivity contribution is 7.97. The summed E-state index contributed by atoms with van der Waals surface area (Å²) in [6.45, 7) is 0. The van der Waals surface area contributed by atoms with Crippen LogP contribution in [0, 0.1) is 11.6 Å². The average Bonchev–Trinajstić information content (AvgIpc) is 3.13. The lowest BCUT2D eigenvalue weighted by atomic mass is 9.86. The Balaban J connectivity index is 0.000000204. The molecule has 0 radical (unpaired) electrons. The third kappa shape index (κ3) is 5.18. The Kier molecular flexibility index (Phi) is 6.63. The topological polar surface area (TPSA) is 74.2 Å². The molecule has 1 aromatic carbocycles. The fourth-order valence-corrected chi connectivity index (χ4v) is 3.38. The van der Waals surface area contributed by atoms with Gasteiger partial charge in [-0.1, -0.05) is 6.07 Å². The molecule has 2 N–H and O–H groups in total. The number of fused-ring (bicyclic) bond motifs is 1. The Morgan fingerprint density at radius 2 is 2.10 bits per heavy atom. The van der Waals surface area contributed by atoms with Gasteiger partial charge in [0.2, 0.25) is 11.7 Å². The van der Waals surface area contributed by atoms with Crippen molar-refractivity contribution < 1.29 is 26.7 Å². The van der Waals surface area contributed by atoms with Crippen LogP contribution in [0.4, 0.5) is 17.6 Å². The summed E-state index contributed by atoms with van der Waals surface area (Å²) in [6, 6.07) is 5.46. The molecule has 1 aliphatic carbocycles. The van der Waals surface area contributed by atoms with Gasteiger partial charge < -0.3 is 9.15 Å². The van der Waals surface area contributed by atoms with Crippen LogP contribution in [0.5, 0.6) is 5.75 Å². The number of hydrogen-bond donors (Lipinski definition) is 1. The molecule has 0 aliphatic heterocycles. The van der Waals surface area contributed by atoms with E-state index in [1.54, 1.807) is 12.3 Å². The Hall–Kier alpha value is -2.33. The Labute approximate surface area is 168 Å². The van der Waals surface area contributed by atoms with Gasteiger partial charge in [0.1, 0.15) is 10.5 Å². The van der Waals surface area contributed by atoms with E-state index in [-0.39, 0.29) is 24.5 Å². The number of alkyl halides is 2. The number of hydrogen-bond acceptors (Lipinski definition) is 6. The molecule has 0 amide bonds. The first-order chi connectivity index (χ1) is 13.8. The minimum absolute atomic E-state index is 0.0424. The van der Waals surface area contributed by atoms with E-state index in [1.807, 2.05) is 0 Å². The van der Waals surface area contributed by atoms with Gasteiger partial charge in [-0.2, -0.15) is 4.39 Å². The summed E-state index contributed by atoms with van der Waals surface area (Å²) in [5.74, 6) is -4.44. The number of methoxy groups -OCH3 is 1. The van der Waals surface area contributed by atoms with Gasteiger partial charge >= 0.3 is 0 Å². The van der Waals surface area contributed by atoms with Crippen LogP contribution in [-0.2, 0) is 0 Å². The summed E-state index contributed by atoms with van der Waals surface area (Å²) < 4.78 is 61.7. The van der Waals surface area contributed by atoms with Crippen LogP contribution in [-0.4, -0.2) is 23.0 Å². The molecule has 1 aliphatic rings. The van der Waals surface area contributed by atoms with Crippen molar-refractivity contribution in [3.63, 3.8) is 0 Å². The molecule has 10 heteroatoms. The standard InChI is InChI=1S/C12H13F2N3OS.C7H6F2O/c13-12(14)3-1-2-7(5-12)11-17-8-6-16-10(19-15)4-9(8)18-11;1-10-6-4-2-3-5(8)7(6)9/h4,6-7H,1-3,5,15H2;2-4H,1H3. The van der Waals surface area contributed by atoms with Crippen LogP contribution in [0.25, 0.3) is 11.1 Å². The van der Waals surface area contributed by atoms with Crippen molar-refractivity contribution in [2.75, 3.05) is 7.11 Å². The molecule has 29 heavy (non-hydrogen) atoms. The first-order valence-electron chi connectivity index (χ1n) is 8.82. The van der Waals surface area contributed by atoms with Crippen LogP contribution in [0.3, 0.4) is 0 Å². The predicted octanol–water partition coefficient (Wildman–Crippen LogP) is 5.45. The summed E-state index contributed by atoms with van der Waals surface area (Å²) in [5.41, 5.74) is 1.13. The van der Waals surface area contributed by atoms with Crippen LogP contribution in [0.1, 0.15) is 37.5 Å². The number of pyridine rings is 1. The molecule has 3 aromatic rings. The lowest BCUT2D eigenvalue weighted by Crippen LogP contribution is -2.25. The maximum atomic E-state index is 13.4. The quantitative estimate of drug-likeness (QED) is 0.441. The number of halogens is 4. The molecule has 5 nitrogen and oxygen atoms in total. The molecule has 2 heterocycles. The SMILES string of the molecule is COc1cccc(F)c1F.NSc1cc2oc(C3CCCC(F)(F)C3)nc2cn1. The molecule has 0 saturated heterocycles. The molecule has 156 valence electrons. The zero-order chi connectivity index (χ0) is 21.0. The van der Waals surface area contributed by atoms with Crippen molar-refractivity contribution in [1.29, 1.82) is 0 Å². The van der Waals surface area contributed by atoms with Crippen molar-refractivity contribution >= 4 is 23.0 Å². The van der Waals surface area contributed by atoms with Crippen LogP contribution in [0.15, 0.2) is 39.9 Å². The van der Waals surface area contributed by atoms with E-state index in [0.29, 0.717) is 34.9 Å². The van der Waals surface area contributed by atoms with E-state index in [4.69, 9.17) is 9.56 Å². The number of rotatable bonds is 3. The van der Waals surface area contributed by atoms with Gasteiger partial charge in [-0.3, -0.25) is 5.14 Å². The summed E-state index contributed by atoms with van der Waals surface area (Å²) in [5, 5.41) is 6.03. The number of benzene rings is 1. The molecule has 1 saturated carbocycles. The minimum atomic E-state index is -2.61. The second kappa shape index (κ2) is 9.00. The number of nitrogens with two attached hydrogens (primary N) is 1. The molecule has 0 spiro atoms. The van der Waals surface area contributed by atoms with Gasteiger partial charge in [0.25, 0.3) is 0 Å². The Morgan fingerprint density at radius 1 is 1.31 bits per heavy atom. The number of nitrogens with zero attached hydrogens (tertiary/aromatic N) is 2. The summed E-state index contributed by atoms with van der Waals surface area (Å²) in [6.07, 6.45) is 2.51. The molecule has 1 fully saturated rings. The van der Waals surface area contributed by atoms with Gasteiger partial charge in [-0.25, -0.2) is 23.1 Å². The second-order valence-corrected chi connectivity index (χ2v) is 7.22. The van der Waals surface area contributed by atoms with Crippen molar-refractivity contribution in [3.05, 3.63) is 48.0 Å². The zero-order valence-corrected chi connectivity index (χ0v) is 16.3. The Morgan fingerprint density at radius 3 is 2.76 bits per heavy atom. The number of ether oxygens (including phenoxy) is 1. The third-order valence-electron chi connectivity index (χ3n) is 4.51. The van der Waals surface area contributed by atoms with Gasteiger partial charge in [-0.15, -0.1) is 0 Å². The fraction of sp³-hybridized carbons (Fsp3) is 0.368. The van der Waals surface area contributed by atoms with Crippen molar-refractivity contribution in [3.8, 4) is 5.75 Å². The van der Waals surface area contributed by atoms with Gasteiger partial charge in [0.05, 0.1) is 13.3 Å². The molecular formula is C19H19F4N3O2S. The van der Waals surface area contributed by atoms with Crippen molar-refractivity contribution in [2.45, 2.75) is 42.5 Å². The molecular weight excluding hydrogens is 410 g/mol. The molecule has 1 unspecified atom stereocenters. The minimum Gasteiger partial charge on any atom is -0.494 e. The van der Waals surface area contributed by atoms with E-state index >= 15 is 0 Å². The van der Waals surface area contributed by atoms with Crippen LogP contribution >= 0.6 is 11.9 Å². The van der Waals surface area contributed by atoms with E-state index in [1.165, 1.54) is 19.2 Å². The first-order valence-corrected chi connectivity index (χ1v) is 9.70. The summed E-state index contributed by atoms with van der Waals surface area (Å²) in [7, 11) is 1.29. The second-order valence-electron chi connectivity index (χ2n) is 6.57. The first kappa shape index (κ1) is 21.4. The number of oxazole rings is 1. The number of aromatic nitrogens is 2. The summed E-state index contributed by atoms with van der Waals surface area (Å²) in [4.78, 5) is 8.34. The smallest absolute Gasteiger partial charge is 0.248 e. The van der Waals surface area contributed by atoms with E-state index < -0.39 is 17.6 Å². The normalized spacial score (nSPS) is 18.2. The molecule has 4 rings (SSSR count). The van der Waals surface area contributed by atoms with E-state index in [2.05, 4.69) is 14.7 Å². The summed E-state index contributed by atoms with van der Waals surface area (Å²) >= 11 is 1.01. The van der Waals surface area contributed by atoms with Crippen molar-refractivity contribution in [2.24, 2.45) is 5.14 Å². The predicted molar refractivity (Wildman–Crippen MR) is 101 cm³/mol.